The molecule has 5 fully saturated rings. The van der Waals surface area contributed by atoms with Crippen molar-refractivity contribution >= 4 is 28.7 Å². The van der Waals surface area contributed by atoms with E-state index in [1.54, 1.807) is 4.90 Å². The SMILES string of the molecule is CC(C)(C)OC(=O)N[C@]12CNCC1COC2.COc1c(N2C[C@H]3COC[C@@]3(N)C2)c(F)cc2c(=O)c(C(=O)O)cn([C@@H]3C[C@@H]3F)c12. The van der Waals surface area contributed by atoms with Crippen LogP contribution in [-0.4, -0.2) is 104 Å². The maximum atomic E-state index is 15.3. The number of hydrogen-bond acceptors (Lipinski definition) is 10. The van der Waals surface area contributed by atoms with Crippen molar-refractivity contribution < 1.29 is 42.4 Å². The van der Waals surface area contributed by atoms with Crippen molar-refractivity contribution in [2.45, 2.75) is 56.1 Å². The van der Waals surface area contributed by atoms with Gasteiger partial charge in [-0.25, -0.2) is 18.4 Å². The summed E-state index contributed by atoms with van der Waals surface area (Å²) in [5, 5.41) is 15.5. The number of nitrogens with two attached hydrogens (primary N) is 1. The lowest BCUT2D eigenvalue weighted by molar-refractivity contribution is 0.0440. The molecular formula is C31H41F2N5O8. The van der Waals surface area contributed by atoms with Crippen molar-refractivity contribution in [2.24, 2.45) is 17.6 Å². The number of rotatable bonds is 5. The molecule has 5 heterocycles. The molecule has 6 atom stereocenters. The van der Waals surface area contributed by atoms with E-state index in [1.165, 1.54) is 11.7 Å². The third-order valence-corrected chi connectivity index (χ3v) is 9.46. The lowest BCUT2D eigenvalue weighted by Crippen LogP contribution is -2.55. The number of fused-ring (bicyclic) bond motifs is 3. The van der Waals surface area contributed by atoms with E-state index in [2.05, 4.69) is 10.6 Å². The molecule has 0 spiro atoms. The van der Waals surface area contributed by atoms with Gasteiger partial charge in [-0.3, -0.25) is 4.79 Å². The largest absolute Gasteiger partial charge is 0.492 e. The van der Waals surface area contributed by atoms with Gasteiger partial charge in [-0.05, 0) is 26.8 Å². The highest BCUT2D eigenvalue weighted by atomic mass is 19.1. The van der Waals surface area contributed by atoms with Crippen LogP contribution < -0.4 is 31.4 Å². The number of alkyl halides is 1. The van der Waals surface area contributed by atoms with Gasteiger partial charge in [0.2, 0.25) is 5.43 Å². The quantitative estimate of drug-likeness (QED) is 0.373. The fourth-order valence-corrected chi connectivity index (χ4v) is 6.99. The van der Waals surface area contributed by atoms with E-state index in [9.17, 15) is 23.9 Å². The van der Waals surface area contributed by atoms with E-state index >= 15 is 4.39 Å². The molecule has 1 unspecified atom stereocenters. The number of aromatic carboxylic acids is 1. The molecule has 1 amide bonds. The fourth-order valence-electron chi connectivity index (χ4n) is 6.99. The minimum absolute atomic E-state index is 0.0209. The lowest BCUT2D eigenvalue weighted by Gasteiger charge is -2.29. The van der Waals surface area contributed by atoms with Crippen molar-refractivity contribution in [3.63, 3.8) is 0 Å². The van der Waals surface area contributed by atoms with Gasteiger partial charge in [-0.2, -0.15) is 0 Å². The molecule has 2 aromatic rings. The smallest absolute Gasteiger partial charge is 0.408 e. The number of carboxylic acid groups (broad SMARTS) is 1. The Morgan fingerprint density at radius 3 is 2.54 bits per heavy atom. The molecule has 4 aliphatic heterocycles. The molecule has 7 rings (SSSR count). The van der Waals surface area contributed by atoms with Crippen molar-refractivity contribution in [2.75, 3.05) is 64.6 Å². The number of carboxylic acids is 1. The topological polar surface area (TPSA) is 167 Å². The van der Waals surface area contributed by atoms with Crippen LogP contribution in [0, 0.1) is 17.7 Å². The zero-order chi connectivity index (χ0) is 33.2. The number of carbonyl (C=O) groups is 2. The van der Waals surface area contributed by atoms with Crippen LogP contribution in [0.3, 0.4) is 0 Å². The molecule has 1 aromatic carbocycles. The summed E-state index contributed by atoms with van der Waals surface area (Å²) in [6, 6.07) is 0.382. The van der Waals surface area contributed by atoms with E-state index in [0.29, 0.717) is 45.4 Å². The molecule has 4 saturated heterocycles. The number of nitrogens with one attached hydrogen (secondary N) is 2. The third-order valence-electron chi connectivity index (χ3n) is 9.46. The van der Waals surface area contributed by atoms with Crippen LogP contribution >= 0.6 is 0 Å². The first kappa shape index (κ1) is 32.4. The molecule has 1 saturated carbocycles. The number of alkyl carbamates (subject to hydrolysis) is 1. The number of ether oxygens (including phenoxy) is 4. The second-order valence-electron chi connectivity index (χ2n) is 14.0. The van der Waals surface area contributed by atoms with E-state index < -0.39 is 46.1 Å². The Labute approximate surface area is 264 Å². The summed E-state index contributed by atoms with van der Waals surface area (Å²) >= 11 is 0. The standard InChI is InChI=1S/C20H21F2N3O5.C11H20N2O3/c1-29-18-15-10(17(26)11(19(27)28)5-25(15)14-3-12(14)21)2-13(22)16(18)24-4-9-6-30-8-20(9,23)7-24;1-10(2,3)16-9(14)13-11-6-12-4-8(11)5-15-7-11/h2,5,9,12,14H,3-4,6-8,23H2,1H3,(H,27,28);8,12H,4-7H2,1-3H3,(H,13,14)/t9-,12-,14+,20-;8?,11-/m00/s1. The summed E-state index contributed by atoms with van der Waals surface area (Å²) in [5.74, 6) is -1.72. The van der Waals surface area contributed by atoms with Gasteiger partial charge < -0.3 is 49.9 Å². The summed E-state index contributed by atoms with van der Waals surface area (Å²) in [6.07, 6.45) is -0.224. The molecule has 0 bridgehead atoms. The minimum atomic E-state index is -1.45. The number of nitrogens with zero attached hydrogens (tertiary/aromatic N) is 2. The molecule has 1 aliphatic carbocycles. The summed E-state index contributed by atoms with van der Waals surface area (Å²) < 4.78 is 52.3. The van der Waals surface area contributed by atoms with Crippen molar-refractivity contribution in [3.8, 4) is 5.75 Å². The maximum Gasteiger partial charge on any atom is 0.408 e. The van der Waals surface area contributed by atoms with Crippen LogP contribution in [0.4, 0.5) is 19.3 Å². The molecule has 46 heavy (non-hydrogen) atoms. The minimum Gasteiger partial charge on any atom is -0.492 e. The molecule has 0 radical (unpaired) electrons. The number of benzene rings is 1. The highest BCUT2D eigenvalue weighted by Gasteiger charge is 2.50. The number of pyridine rings is 1. The van der Waals surface area contributed by atoms with Crippen LogP contribution in [0.15, 0.2) is 17.1 Å². The normalized spacial score (nSPS) is 31.2. The van der Waals surface area contributed by atoms with Gasteiger partial charge in [0.1, 0.15) is 23.0 Å². The fraction of sp³-hybridized carbons (Fsp3) is 0.645. The van der Waals surface area contributed by atoms with E-state index in [0.717, 1.165) is 25.4 Å². The van der Waals surface area contributed by atoms with Crippen LogP contribution in [0.25, 0.3) is 10.9 Å². The van der Waals surface area contributed by atoms with E-state index in [1.807, 2.05) is 20.8 Å². The summed E-state index contributed by atoms with van der Waals surface area (Å²) in [5.41, 5.74) is 4.05. The Morgan fingerprint density at radius 2 is 1.91 bits per heavy atom. The number of methoxy groups -OCH3 is 1. The predicted molar refractivity (Wildman–Crippen MR) is 163 cm³/mol. The molecule has 5 N–H and O–H groups in total. The van der Waals surface area contributed by atoms with Crippen LogP contribution in [0.2, 0.25) is 0 Å². The Kier molecular flexibility index (Phi) is 8.18. The Bertz CT molecular complexity index is 1600. The number of carbonyl (C=O) groups excluding carboxylic acids is 1. The Hall–Kier alpha value is -3.53. The molecular weight excluding hydrogens is 608 g/mol. The van der Waals surface area contributed by atoms with Crippen LogP contribution in [-0.2, 0) is 14.2 Å². The van der Waals surface area contributed by atoms with Gasteiger partial charge in [0.05, 0.1) is 61.6 Å². The maximum absolute atomic E-state index is 15.3. The summed E-state index contributed by atoms with van der Waals surface area (Å²) in [7, 11) is 1.34. The van der Waals surface area contributed by atoms with Crippen molar-refractivity contribution in [1.29, 1.82) is 0 Å². The predicted octanol–water partition coefficient (Wildman–Crippen LogP) is 1.79. The summed E-state index contributed by atoms with van der Waals surface area (Å²) in [6.45, 7) is 10.1. The van der Waals surface area contributed by atoms with E-state index in [4.69, 9.17) is 24.7 Å². The second-order valence-corrected chi connectivity index (χ2v) is 14.0. The third kappa shape index (κ3) is 5.78. The first-order valence-corrected chi connectivity index (χ1v) is 15.4. The first-order chi connectivity index (χ1) is 21.7. The molecule has 15 heteroatoms. The van der Waals surface area contributed by atoms with Crippen molar-refractivity contribution in [3.05, 3.63) is 33.9 Å². The molecule has 5 aliphatic rings. The van der Waals surface area contributed by atoms with Gasteiger partial charge in [0, 0.05) is 50.6 Å². The number of hydrogen-bond donors (Lipinski definition) is 4. The Balaban J connectivity index is 0.000000196. The molecule has 252 valence electrons. The van der Waals surface area contributed by atoms with Crippen molar-refractivity contribution in [1.82, 2.24) is 15.2 Å². The number of amides is 1. The Morgan fingerprint density at radius 1 is 1.22 bits per heavy atom. The summed E-state index contributed by atoms with van der Waals surface area (Å²) in [4.78, 5) is 37.8. The molecule has 13 nitrogen and oxygen atoms in total. The average Bonchev–Trinajstić information content (AvgIpc) is 3.26. The van der Waals surface area contributed by atoms with E-state index in [-0.39, 0.29) is 46.3 Å². The van der Waals surface area contributed by atoms with Crippen LogP contribution in [0.1, 0.15) is 43.6 Å². The number of aromatic nitrogens is 1. The zero-order valence-corrected chi connectivity index (χ0v) is 26.4. The average molecular weight is 650 g/mol. The monoisotopic (exact) mass is 649 g/mol. The lowest BCUT2D eigenvalue weighted by atomic mass is 9.91. The van der Waals surface area contributed by atoms with Gasteiger partial charge >= 0.3 is 12.1 Å². The first-order valence-electron chi connectivity index (χ1n) is 15.4. The van der Waals surface area contributed by atoms with Crippen LogP contribution in [0.5, 0.6) is 5.75 Å². The van der Waals surface area contributed by atoms with Gasteiger partial charge in [0.25, 0.3) is 0 Å². The number of halogens is 2. The van der Waals surface area contributed by atoms with Gasteiger partial charge in [0.15, 0.2) is 11.6 Å². The van der Waals surface area contributed by atoms with Gasteiger partial charge in [-0.1, -0.05) is 0 Å². The zero-order valence-electron chi connectivity index (χ0n) is 26.4. The highest BCUT2D eigenvalue weighted by Crippen LogP contribution is 2.47. The van der Waals surface area contributed by atoms with Gasteiger partial charge in [-0.15, -0.1) is 0 Å². The number of anilines is 1. The highest BCUT2D eigenvalue weighted by molar-refractivity contribution is 5.97. The molecule has 1 aromatic heterocycles. The second kappa shape index (κ2) is 11.6.